The molecule has 8 heteroatoms. The number of sulfonamides is 1. The summed E-state index contributed by atoms with van der Waals surface area (Å²) >= 11 is 0. The van der Waals surface area contributed by atoms with Gasteiger partial charge < -0.3 is 4.57 Å². The second kappa shape index (κ2) is 8.46. The highest BCUT2D eigenvalue weighted by atomic mass is 32.2. The number of aryl methyl sites for hydroxylation is 1. The van der Waals surface area contributed by atoms with Crippen LogP contribution in [0.15, 0.2) is 30.6 Å². The molecule has 0 radical (unpaired) electrons. The van der Waals surface area contributed by atoms with Crippen LogP contribution in [0.4, 0.5) is 10.3 Å². The number of hydrogen-bond donors (Lipinski definition) is 1. The molecule has 3 aromatic rings. The monoisotopic (exact) mass is 458 g/mol. The predicted molar refractivity (Wildman–Crippen MR) is 127 cm³/mol. The fraction of sp³-hybridized carbons (Fsp3) is 0.500. The normalized spacial score (nSPS) is 15.9. The second-order valence-electron chi connectivity index (χ2n) is 9.56. The summed E-state index contributed by atoms with van der Waals surface area (Å²) in [4.78, 5) is 8.55. The number of anilines is 1. The number of nitrogens with one attached hydrogen (secondary N) is 1. The van der Waals surface area contributed by atoms with Gasteiger partial charge in [0.05, 0.1) is 10.4 Å². The summed E-state index contributed by atoms with van der Waals surface area (Å²) in [5.74, 6) is -0.140. The van der Waals surface area contributed by atoms with Crippen molar-refractivity contribution in [3.05, 3.63) is 42.0 Å². The lowest BCUT2D eigenvalue weighted by molar-refractivity contribution is 0.363. The lowest BCUT2D eigenvalue weighted by Gasteiger charge is -2.26. The van der Waals surface area contributed by atoms with Crippen LogP contribution in [0.3, 0.4) is 0 Å². The van der Waals surface area contributed by atoms with Crippen LogP contribution in [-0.4, -0.2) is 27.7 Å². The molecule has 6 nitrogen and oxygen atoms in total. The number of benzene rings is 1. The SMILES string of the molecule is CCc1cc2c(cc1F)cc(-c1cnc(NS(=O)(=O)C(C)(C)C)nc1)n2C1CCCCC1. The summed E-state index contributed by atoms with van der Waals surface area (Å²) in [6.45, 7) is 6.83. The van der Waals surface area contributed by atoms with Crippen molar-refractivity contribution in [3.63, 3.8) is 0 Å². The molecule has 0 aliphatic heterocycles. The van der Waals surface area contributed by atoms with Gasteiger partial charge in [0.2, 0.25) is 16.0 Å². The van der Waals surface area contributed by atoms with Crippen molar-refractivity contribution < 1.29 is 12.8 Å². The number of rotatable bonds is 5. The molecule has 1 saturated carbocycles. The van der Waals surface area contributed by atoms with Crippen molar-refractivity contribution >= 4 is 26.9 Å². The van der Waals surface area contributed by atoms with Crippen LogP contribution in [0.1, 0.15) is 71.4 Å². The van der Waals surface area contributed by atoms with Crippen molar-refractivity contribution in [2.24, 2.45) is 0 Å². The van der Waals surface area contributed by atoms with Crippen LogP contribution in [0.25, 0.3) is 22.2 Å². The summed E-state index contributed by atoms with van der Waals surface area (Å²) in [5, 5.41) is 0.859. The highest BCUT2D eigenvalue weighted by molar-refractivity contribution is 7.94. The molecule has 2 heterocycles. The molecule has 2 aromatic heterocycles. The molecular formula is C24H31FN4O2S. The van der Waals surface area contributed by atoms with Gasteiger partial charge in [0, 0.05) is 34.9 Å². The maximum Gasteiger partial charge on any atom is 0.239 e. The minimum Gasteiger partial charge on any atom is -0.337 e. The highest BCUT2D eigenvalue weighted by Gasteiger charge is 2.30. The van der Waals surface area contributed by atoms with E-state index in [0.29, 0.717) is 18.0 Å². The minimum absolute atomic E-state index is 0.0447. The zero-order chi connectivity index (χ0) is 23.1. The van der Waals surface area contributed by atoms with Gasteiger partial charge in [-0.1, -0.05) is 26.2 Å². The number of halogens is 1. The van der Waals surface area contributed by atoms with E-state index in [9.17, 15) is 12.8 Å². The zero-order valence-corrected chi connectivity index (χ0v) is 20.0. The lowest BCUT2D eigenvalue weighted by Crippen LogP contribution is -2.34. The molecule has 0 amide bonds. The number of nitrogens with zero attached hydrogens (tertiary/aromatic N) is 3. The van der Waals surface area contributed by atoms with Crippen molar-refractivity contribution in [3.8, 4) is 11.3 Å². The van der Waals surface area contributed by atoms with Crippen LogP contribution >= 0.6 is 0 Å². The lowest BCUT2D eigenvalue weighted by atomic mass is 9.94. The predicted octanol–water partition coefficient (Wildman–Crippen LogP) is 5.85. The van der Waals surface area contributed by atoms with Gasteiger partial charge in [0.1, 0.15) is 5.82 Å². The topological polar surface area (TPSA) is 76.9 Å². The molecule has 1 fully saturated rings. The smallest absolute Gasteiger partial charge is 0.239 e. The fourth-order valence-electron chi connectivity index (χ4n) is 4.30. The maximum atomic E-state index is 14.5. The molecule has 1 aliphatic rings. The molecule has 0 atom stereocenters. The van der Waals surface area contributed by atoms with Gasteiger partial charge in [-0.3, -0.25) is 4.72 Å². The van der Waals surface area contributed by atoms with Crippen molar-refractivity contribution in [2.75, 3.05) is 4.72 Å². The molecule has 1 N–H and O–H groups in total. The Bertz CT molecular complexity index is 1220. The third-order valence-electron chi connectivity index (χ3n) is 6.31. The first-order valence-corrected chi connectivity index (χ1v) is 12.8. The number of aromatic nitrogens is 3. The first-order chi connectivity index (χ1) is 15.1. The summed E-state index contributed by atoms with van der Waals surface area (Å²) in [7, 11) is -3.61. The minimum atomic E-state index is -3.61. The molecular weight excluding hydrogens is 427 g/mol. The first-order valence-electron chi connectivity index (χ1n) is 11.3. The standard InChI is InChI=1S/C24H31FN4O2S/c1-5-16-12-21-17(11-20(16)25)13-22(29(21)19-9-7-6-8-10-19)18-14-26-23(27-15-18)28-32(30,31)24(2,3)4/h11-15,19H,5-10H2,1-4H3,(H,26,27,28). The Morgan fingerprint density at radius 2 is 1.75 bits per heavy atom. The van der Waals surface area contributed by atoms with Gasteiger partial charge in [-0.2, -0.15) is 0 Å². The van der Waals surface area contributed by atoms with Gasteiger partial charge in [-0.15, -0.1) is 0 Å². The van der Waals surface area contributed by atoms with Crippen LogP contribution in [-0.2, 0) is 16.4 Å². The van der Waals surface area contributed by atoms with E-state index in [4.69, 9.17) is 0 Å². The van der Waals surface area contributed by atoms with Crippen molar-refractivity contribution in [1.82, 2.24) is 14.5 Å². The summed E-state index contributed by atoms with van der Waals surface area (Å²) in [6.07, 6.45) is 9.67. The Morgan fingerprint density at radius 1 is 1.09 bits per heavy atom. The number of fused-ring (bicyclic) bond motifs is 1. The van der Waals surface area contributed by atoms with Crippen molar-refractivity contribution in [2.45, 2.75) is 77.0 Å². The maximum absolute atomic E-state index is 14.5. The molecule has 1 aromatic carbocycles. The number of hydrogen-bond acceptors (Lipinski definition) is 4. The Morgan fingerprint density at radius 3 is 2.34 bits per heavy atom. The van der Waals surface area contributed by atoms with E-state index in [2.05, 4.69) is 19.3 Å². The average Bonchev–Trinajstić information content (AvgIpc) is 3.11. The van der Waals surface area contributed by atoms with Gasteiger partial charge in [0.25, 0.3) is 0 Å². The van der Waals surface area contributed by atoms with Gasteiger partial charge in [-0.05, 0) is 63.8 Å². The van der Waals surface area contributed by atoms with Crippen molar-refractivity contribution in [1.29, 1.82) is 0 Å². The molecule has 32 heavy (non-hydrogen) atoms. The largest absolute Gasteiger partial charge is 0.337 e. The molecule has 1 aliphatic carbocycles. The Balaban J connectivity index is 1.78. The van der Waals surface area contributed by atoms with E-state index in [0.717, 1.165) is 35.0 Å². The zero-order valence-electron chi connectivity index (χ0n) is 19.2. The van der Waals surface area contributed by atoms with E-state index in [1.807, 2.05) is 19.1 Å². The Hall–Kier alpha value is -2.48. The average molecular weight is 459 g/mol. The highest BCUT2D eigenvalue weighted by Crippen LogP contribution is 2.38. The van der Waals surface area contributed by atoms with E-state index >= 15 is 0 Å². The van der Waals surface area contributed by atoms with Gasteiger partial charge in [0.15, 0.2) is 0 Å². The van der Waals surface area contributed by atoms with Crippen LogP contribution in [0.2, 0.25) is 0 Å². The quantitative estimate of drug-likeness (QED) is 0.521. The van der Waals surface area contributed by atoms with E-state index < -0.39 is 14.8 Å². The molecule has 172 valence electrons. The Kier molecular flexibility index (Phi) is 6.00. The summed E-state index contributed by atoms with van der Waals surface area (Å²) in [6, 6.07) is 5.91. The van der Waals surface area contributed by atoms with Gasteiger partial charge in [-0.25, -0.2) is 22.8 Å². The second-order valence-corrected chi connectivity index (χ2v) is 12.0. The summed E-state index contributed by atoms with van der Waals surface area (Å²) in [5.41, 5.74) is 3.46. The molecule has 4 rings (SSSR count). The van der Waals surface area contributed by atoms with Crippen LogP contribution in [0.5, 0.6) is 0 Å². The summed E-state index contributed by atoms with van der Waals surface area (Å²) < 4.78 is 43.1. The van der Waals surface area contributed by atoms with Gasteiger partial charge >= 0.3 is 0 Å². The van der Waals surface area contributed by atoms with E-state index in [1.54, 1.807) is 39.2 Å². The third kappa shape index (κ3) is 4.25. The van der Waals surface area contributed by atoms with E-state index in [1.165, 1.54) is 19.3 Å². The fourth-order valence-corrected chi connectivity index (χ4v) is 4.96. The molecule has 0 bridgehead atoms. The van der Waals surface area contributed by atoms with Crippen LogP contribution in [0, 0.1) is 5.82 Å². The first kappa shape index (κ1) is 22.7. The molecule has 0 spiro atoms. The van der Waals surface area contributed by atoms with E-state index in [-0.39, 0.29) is 11.8 Å². The molecule has 0 unspecified atom stereocenters. The van der Waals surface area contributed by atoms with Crippen LogP contribution < -0.4 is 4.72 Å². The third-order valence-corrected chi connectivity index (χ3v) is 8.37. The Labute approximate surface area is 189 Å². The molecule has 0 saturated heterocycles.